The van der Waals surface area contributed by atoms with Crippen molar-refractivity contribution in [3.05, 3.63) is 46.0 Å². The maximum Gasteiger partial charge on any atom is 0.185 e. The fraction of sp³-hybridized carbons (Fsp3) is 0.400. The topological polar surface area (TPSA) is 36.4 Å². The fourth-order valence-electron chi connectivity index (χ4n) is 2.10. The highest BCUT2D eigenvalue weighted by atomic mass is 32.1. The van der Waals surface area contributed by atoms with E-state index in [2.05, 4.69) is 41.1 Å². The minimum atomic E-state index is -0.446. The highest BCUT2D eigenvalue weighted by Crippen LogP contribution is 2.30. The molecule has 1 atom stereocenters. The summed E-state index contributed by atoms with van der Waals surface area (Å²) in [5.41, 5.74) is 3.46. The van der Waals surface area contributed by atoms with Gasteiger partial charge in [-0.25, -0.2) is 4.98 Å². The second-order valence-corrected chi connectivity index (χ2v) is 5.98. The lowest BCUT2D eigenvalue weighted by Gasteiger charge is -2.16. The van der Waals surface area contributed by atoms with Crippen LogP contribution >= 0.6 is 11.3 Å². The van der Waals surface area contributed by atoms with Gasteiger partial charge in [0.15, 0.2) is 5.13 Å². The van der Waals surface area contributed by atoms with Crippen molar-refractivity contribution in [3.8, 4) is 0 Å². The third-order valence-corrected chi connectivity index (χ3v) is 4.47. The van der Waals surface area contributed by atoms with E-state index in [1.54, 1.807) is 18.3 Å². The highest BCUT2D eigenvalue weighted by Gasteiger charge is 2.14. The summed E-state index contributed by atoms with van der Waals surface area (Å²) in [6.07, 6.45) is -0.446. The molecule has 0 bridgehead atoms. The number of nitrogens with zero attached hydrogens (tertiary/aromatic N) is 2. The number of hydrogen-bond acceptors (Lipinski definition) is 4. The van der Waals surface area contributed by atoms with E-state index in [1.165, 1.54) is 11.1 Å². The third-order valence-electron chi connectivity index (χ3n) is 3.03. The zero-order valence-corrected chi connectivity index (χ0v) is 12.7. The van der Waals surface area contributed by atoms with Gasteiger partial charge in [-0.15, -0.1) is 0 Å². The van der Waals surface area contributed by atoms with E-state index in [4.69, 9.17) is 0 Å². The van der Waals surface area contributed by atoms with Crippen LogP contribution in [0.3, 0.4) is 0 Å². The van der Waals surface area contributed by atoms with Gasteiger partial charge in [0.2, 0.25) is 0 Å². The summed E-state index contributed by atoms with van der Waals surface area (Å²) in [5.74, 6) is 0. The predicted octanol–water partition coefficient (Wildman–Crippen LogP) is 3.45. The summed E-state index contributed by atoms with van der Waals surface area (Å²) in [6, 6.07) is 8.49. The molecule has 3 nitrogen and oxygen atoms in total. The minimum absolute atomic E-state index is 0.446. The second-order valence-electron chi connectivity index (χ2n) is 4.97. The lowest BCUT2D eigenvalue weighted by molar-refractivity contribution is 0.202. The van der Waals surface area contributed by atoms with Gasteiger partial charge >= 0.3 is 0 Å². The first-order valence-corrected chi connectivity index (χ1v) is 7.21. The molecule has 0 aliphatic heterocycles. The van der Waals surface area contributed by atoms with Gasteiger partial charge < -0.3 is 10.0 Å². The number of aryl methyl sites for hydroxylation is 2. The largest absolute Gasteiger partial charge is 0.388 e. The zero-order valence-electron chi connectivity index (χ0n) is 11.8. The second kappa shape index (κ2) is 5.72. The summed E-state index contributed by atoms with van der Waals surface area (Å²) in [5, 5.41) is 10.6. The Kier molecular flexibility index (Phi) is 4.22. The molecule has 0 amide bonds. The molecule has 102 valence electrons. The number of thiazole rings is 1. The molecule has 1 N–H and O–H groups in total. The molecule has 1 aromatic heterocycles. The molecule has 1 unspecified atom stereocenters. The van der Waals surface area contributed by atoms with Crippen molar-refractivity contribution in [1.82, 2.24) is 4.98 Å². The summed E-state index contributed by atoms with van der Waals surface area (Å²) >= 11 is 1.56. The Hall–Kier alpha value is -1.39. The Morgan fingerprint density at radius 1 is 1.37 bits per heavy atom. The fourth-order valence-corrected chi connectivity index (χ4v) is 3.06. The Morgan fingerprint density at radius 3 is 2.68 bits per heavy atom. The smallest absolute Gasteiger partial charge is 0.185 e. The van der Waals surface area contributed by atoms with Gasteiger partial charge in [0, 0.05) is 13.6 Å². The quantitative estimate of drug-likeness (QED) is 0.929. The molecule has 0 radical (unpaired) electrons. The van der Waals surface area contributed by atoms with Crippen LogP contribution in [0.4, 0.5) is 5.13 Å². The molecule has 1 heterocycles. The number of anilines is 1. The molecule has 0 saturated heterocycles. The number of benzene rings is 1. The summed E-state index contributed by atoms with van der Waals surface area (Å²) in [6.45, 7) is 6.66. The first-order valence-electron chi connectivity index (χ1n) is 6.39. The monoisotopic (exact) mass is 276 g/mol. The van der Waals surface area contributed by atoms with Crippen LogP contribution in [-0.4, -0.2) is 17.1 Å². The van der Waals surface area contributed by atoms with Gasteiger partial charge in [0.05, 0.1) is 16.7 Å². The number of aliphatic hydroxyl groups is 1. The third kappa shape index (κ3) is 3.33. The van der Waals surface area contributed by atoms with Crippen molar-refractivity contribution in [1.29, 1.82) is 0 Å². The van der Waals surface area contributed by atoms with Gasteiger partial charge in [-0.3, -0.25) is 0 Å². The molecule has 0 fully saturated rings. The predicted molar refractivity (Wildman–Crippen MR) is 80.8 cm³/mol. The molecule has 4 heteroatoms. The number of hydrogen-bond donors (Lipinski definition) is 1. The van der Waals surface area contributed by atoms with Crippen LogP contribution in [-0.2, 0) is 6.54 Å². The molecular weight excluding hydrogens is 256 g/mol. The Bertz CT molecular complexity index is 563. The van der Waals surface area contributed by atoms with Crippen LogP contribution in [0.25, 0.3) is 0 Å². The maximum atomic E-state index is 9.68. The van der Waals surface area contributed by atoms with Crippen molar-refractivity contribution in [2.45, 2.75) is 33.4 Å². The van der Waals surface area contributed by atoms with Crippen molar-refractivity contribution in [2.75, 3.05) is 11.9 Å². The zero-order chi connectivity index (χ0) is 14.0. The molecular formula is C15H20N2OS. The van der Waals surface area contributed by atoms with Crippen molar-refractivity contribution < 1.29 is 5.11 Å². The molecule has 1 aromatic carbocycles. The van der Waals surface area contributed by atoms with E-state index in [0.29, 0.717) is 0 Å². The van der Waals surface area contributed by atoms with Gasteiger partial charge in [-0.05, 0) is 26.3 Å². The first-order chi connectivity index (χ1) is 8.97. The first kappa shape index (κ1) is 14.0. The van der Waals surface area contributed by atoms with Crippen molar-refractivity contribution in [2.24, 2.45) is 0 Å². The van der Waals surface area contributed by atoms with Gasteiger partial charge in [-0.1, -0.05) is 41.2 Å². The van der Waals surface area contributed by atoms with Crippen molar-refractivity contribution in [3.63, 3.8) is 0 Å². The van der Waals surface area contributed by atoms with E-state index in [-0.39, 0.29) is 0 Å². The van der Waals surface area contributed by atoms with Crippen LogP contribution in [0.1, 0.15) is 34.7 Å². The Labute approximate surface area is 118 Å². The minimum Gasteiger partial charge on any atom is -0.388 e. The molecule has 2 aromatic rings. The van der Waals surface area contributed by atoms with Crippen LogP contribution in [0.2, 0.25) is 0 Å². The lowest BCUT2D eigenvalue weighted by Crippen LogP contribution is -2.16. The summed E-state index contributed by atoms with van der Waals surface area (Å²) in [4.78, 5) is 7.61. The highest BCUT2D eigenvalue weighted by molar-refractivity contribution is 7.15. The summed E-state index contributed by atoms with van der Waals surface area (Å²) < 4.78 is 0. The van der Waals surface area contributed by atoms with E-state index in [1.807, 2.05) is 14.0 Å². The molecule has 0 aliphatic carbocycles. The van der Waals surface area contributed by atoms with Gasteiger partial charge in [0.25, 0.3) is 0 Å². The van der Waals surface area contributed by atoms with Crippen LogP contribution in [0.5, 0.6) is 0 Å². The molecule has 2 rings (SSSR count). The molecule has 0 spiro atoms. The molecule has 0 saturated carbocycles. The van der Waals surface area contributed by atoms with E-state index < -0.39 is 6.10 Å². The van der Waals surface area contributed by atoms with Crippen LogP contribution in [0.15, 0.2) is 24.3 Å². The van der Waals surface area contributed by atoms with Crippen LogP contribution < -0.4 is 4.90 Å². The van der Waals surface area contributed by atoms with Crippen LogP contribution in [0, 0.1) is 13.8 Å². The summed E-state index contributed by atoms with van der Waals surface area (Å²) in [7, 11) is 2.03. The average molecular weight is 276 g/mol. The number of aromatic nitrogens is 1. The number of rotatable bonds is 4. The van der Waals surface area contributed by atoms with E-state index in [0.717, 1.165) is 22.2 Å². The average Bonchev–Trinajstić information content (AvgIpc) is 2.71. The normalized spacial score (nSPS) is 12.5. The Balaban J connectivity index is 2.16. The van der Waals surface area contributed by atoms with Gasteiger partial charge in [-0.2, -0.15) is 0 Å². The molecule has 19 heavy (non-hydrogen) atoms. The van der Waals surface area contributed by atoms with Crippen molar-refractivity contribution >= 4 is 16.5 Å². The number of aliphatic hydroxyl groups excluding tert-OH is 1. The maximum absolute atomic E-state index is 9.68. The Morgan fingerprint density at radius 2 is 2.11 bits per heavy atom. The SMILES string of the molecule is Cc1cccc(CN(C)c2nc(C)c(C(C)O)s2)c1. The lowest BCUT2D eigenvalue weighted by atomic mass is 10.1. The van der Waals surface area contributed by atoms with E-state index in [9.17, 15) is 5.11 Å². The van der Waals surface area contributed by atoms with Gasteiger partial charge in [0.1, 0.15) is 0 Å². The standard InChI is InChI=1S/C15H20N2OS/c1-10-6-5-7-13(8-10)9-17(4)15-16-11(2)14(19-15)12(3)18/h5-8,12,18H,9H2,1-4H3. The van der Waals surface area contributed by atoms with E-state index >= 15 is 0 Å². The molecule has 0 aliphatic rings.